The van der Waals surface area contributed by atoms with Gasteiger partial charge in [0.05, 0.1) is 24.0 Å². The van der Waals surface area contributed by atoms with Gasteiger partial charge >= 0.3 is 5.97 Å². The number of H-pyrrole nitrogens is 1. The van der Waals surface area contributed by atoms with Crippen molar-refractivity contribution < 1.29 is 18.3 Å². The molecule has 1 saturated carbocycles. The monoisotopic (exact) mass is 426 g/mol. The Labute approximate surface area is 178 Å². The fourth-order valence-corrected chi connectivity index (χ4v) is 5.22. The van der Waals surface area contributed by atoms with Crippen LogP contribution in [-0.4, -0.2) is 31.5 Å². The van der Waals surface area contributed by atoms with Crippen LogP contribution in [0.25, 0.3) is 22.4 Å². The van der Waals surface area contributed by atoms with Crippen molar-refractivity contribution in [2.75, 3.05) is 0 Å². The lowest BCUT2D eigenvalue weighted by molar-refractivity contribution is -0.154. The van der Waals surface area contributed by atoms with Crippen molar-refractivity contribution in [1.29, 1.82) is 0 Å². The number of carbonyl (C=O) groups is 1. The molecule has 0 aromatic carbocycles. The van der Waals surface area contributed by atoms with Crippen LogP contribution in [0.1, 0.15) is 45.2 Å². The van der Waals surface area contributed by atoms with Crippen LogP contribution in [0.5, 0.6) is 0 Å². The van der Waals surface area contributed by atoms with Gasteiger partial charge in [0.25, 0.3) is 0 Å². The fraction of sp³-hybridized carbons (Fsp3) is 0.478. The van der Waals surface area contributed by atoms with E-state index >= 15 is 0 Å². The topological polar surface area (TPSA) is 80.8 Å². The van der Waals surface area contributed by atoms with Gasteiger partial charge in [0.2, 0.25) is 0 Å². The molecule has 4 atom stereocenters. The molecule has 31 heavy (non-hydrogen) atoms. The first kappa shape index (κ1) is 20.0. The maximum Gasteiger partial charge on any atom is 0.309 e. The first-order valence-corrected chi connectivity index (χ1v) is 10.7. The highest BCUT2D eigenvalue weighted by molar-refractivity contribution is 5.91. The Bertz CT molecular complexity index is 1160. The maximum atomic E-state index is 14.6. The molecule has 5 rings (SSSR count). The molecule has 2 aliphatic rings. The molecule has 1 unspecified atom stereocenters. The largest absolute Gasteiger partial charge is 0.459 e. The third kappa shape index (κ3) is 3.38. The van der Waals surface area contributed by atoms with Crippen molar-refractivity contribution >= 4 is 17.0 Å². The van der Waals surface area contributed by atoms with E-state index in [-0.39, 0.29) is 23.7 Å². The quantitative estimate of drug-likeness (QED) is 0.619. The molecule has 162 valence electrons. The van der Waals surface area contributed by atoms with Crippen LogP contribution in [0.3, 0.4) is 0 Å². The lowest BCUT2D eigenvalue weighted by Gasteiger charge is -2.40. The van der Waals surface area contributed by atoms with Crippen molar-refractivity contribution in [2.45, 2.75) is 51.6 Å². The molecule has 8 heteroatoms. The van der Waals surface area contributed by atoms with Crippen LogP contribution in [0.4, 0.5) is 8.78 Å². The average Bonchev–Trinajstić information content (AvgIpc) is 3.25. The van der Waals surface area contributed by atoms with Gasteiger partial charge in [0.15, 0.2) is 11.6 Å². The van der Waals surface area contributed by atoms with Gasteiger partial charge in [0.1, 0.15) is 17.1 Å². The van der Waals surface area contributed by atoms with Gasteiger partial charge in [-0.3, -0.25) is 4.79 Å². The minimum atomic E-state index is -0.461. The predicted molar refractivity (Wildman–Crippen MR) is 110 cm³/mol. The molecule has 1 saturated heterocycles. The van der Waals surface area contributed by atoms with E-state index in [1.807, 2.05) is 6.92 Å². The van der Waals surface area contributed by atoms with Crippen molar-refractivity contribution in [2.24, 2.45) is 17.8 Å². The predicted octanol–water partition coefficient (Wildman–Crippen LogP) is 4.60. The van der Waals surface area contributed by atoms with E-state index in [0.717, 1.165) is 25.5 Å². The summed E-state index contributed by atoms with van der Waals surface area (Å²) in [6.45, 7) is 3.99. The molecule has 4 heterocycles. The summed E-state index contributed by atoms with van der Waals surface area (Å²) >= 11 is 0. The molecular weight excluding hydrogens is 402 g/mol. The van der Waals surface area contributed by atoms with E-state index in [4.69, 9.17) is 4.74 Å². The summed E-state index contributed by atoms with van der Waals surface area (Å²) in [7, 11) is 0. The van der Waals surface area contributed by atoms with Crippen molar-refractivity contribution in [3.63, 3.8) is 0 Å². The second-order valence-electron chi connectivity index (χ2n) is 8.97. The van der Waals surface area contributed by atoms with Crippen molar-refractivity contribution in [1.82, 2.24) is 19.9 Å². The normalized spacial score (nSPS) is 28.4. The number of rotatable bonds is 3. The number of halogens is 2. The number of esters is 1. The van der Waals surface area contributed by atoms with Crippen LogP contribution in [0, 0.1) is 29.4 Å². The van der Waals surface area contributed by atoms with Crippen LogP contribution in [-0.2, 0) is 16.0 Å². The third-order valence-electron chi connectivity index (χ3n) is 7.14. The molecule has 0 amide bonds. The summed E-state index contributed by atoms with van der Waals surface area (Å²) in [5, 5.41) is 0.551. The molecule has 2 fully saturated rings. The van der Waals surface area contributed by atoms with Gasteiger partial charge in [-0.2, -0.15) is 0 Å². The zero-order valence-electron chi connectivity index (χ0n) is 17.5. The molecule has 1 N–H and O–H groups in total. The summed E-state index contributed by atoms with van der Waals surface area (Å²) in [4.78, 5) is 27.8. The maximum absolute atomic E-state index is 14.6. The highest BCUT2D eigenvalue weighted by Gasteiger charge is 2.53. The number of aromatic amines is 1. The Kier molecular flexibility index (Phi) is 4.75. The van der Waals surface area contributed by atoms with Crippen molar-refractivity contribution in [3.8, 4) is 11.4 Å². The Morgan fingerprint density at radius 1 is 1.26 bits per heavy atom. The molecular formula is C23H24F2N4O2. The standard InChI is InChI=1S/C23H24F2N4O2/c1-12-13(2)23(31-22(12)30)5-3-4-14(8-23)6-19-18(25)11-28-21(29-19)17-10-27-20-16(17)7-15(24)9-26-20/h7,9-14H,3-6,8H2,1-2H3,(H,26,27)/t12?,13-,14+,23-/m0/s1. The minimum absolute atomic E-state index is 0.114. The number of hydrogen-bond acceptors (Lipinski definition) is 5. The average molecular weight is 426 g/mol. The molecule has 0 radical (unpaired) electrons. The Morgan fingerprint density at radius 2 is 2.10 bits per heavy atom. The van der Waals surface area contributed by atoms with Gasteiger partial charge in [-0.15, -0.1) is 0 Å². The van der Waals surface area contributed by atoms with E-state index in [1.54, 1.807) is 6.20 Å². The van der Waals surface area contributed by atoms with Crippen LogP contribution >= 0.6 is 0 Å². The number of nitrogens with zero attached hydrogens (tertiary/aromatic N) is 3. The Hall–Kier alpha value is -2.90. The van der Waals surface area contributed by atoms with Gasteiger partial charge in [-0.25, -0.2) is 23.7 Å². The van der Waals surface area contributed by atoms with E-state index in [1.165, 1.54) is 12.3 Å². The summed E-state index contributed by atoms with van der Waals surface area (Å²) in [6.07, 6.45) is 7.83. The van der Waals surface area contributed by atoms with Crippen LogP contribution in [0.2, 0.25) is 0 Å². The molecule has 6 nitrogen and oxygen atoms in total. The zero-order valence-corrected chi connectivity index (χ0v) is 17.5. The van der Waals surface area contributed by atoms with Crippen LogP contribution < -0.4 is 0 Å². The number of ether oxygens (including phenoxy) is 1. The Balaban J connectivity index is 1.42. The van der Waals surface area contributed by atoms with E-state index in [2.05, 4.69) is 26.9 Å². The fourth-order valence-electron chi connectivity index (χ4n) is 5.22. The first-order valence-electron chi connectivity index (χ1n) is 10.7. The molecule has 0 bridgehead atoms. The van der Waals surface area contributed by atoms with Gasteiger partial charge in [0, 0.05) is 23.1 Å². The second-order valence-corrected chi connectivity index (χ2v) is 8.97. The second kappa shape index (κ2) is 7.35. The molecule has 3 aromatic rings. The van der Waals surface area contributed by atoms with E-state index in [9.17, 15) is 13.6 Å². The number of pyridine rings is 1. The highest BCUT2D eigenvalue weighted by atomic mass is 19.1. The van der Waals surface area contributed by atoms with Gasteiger partial charge in [-0.1, -0.05) is 13.8 Å². The van der Waals surface area contributed by atoms with Gasteiger partial charge < -0.3 is 9.72 Å². The molecule has 1 aliphatic carbocycles. The lowest BCUT2D eigenvalue weighted by atomic mass is 9.69. The number of aromatic nitrogens is 4. The minimum Gasteiger partial charge on any atom is -0.459 e. The van der Waals surface area contributed by atoms with E-state index < -0.39 is 17.2 Å². The smallest absolute Gasteiger partial charge is 0.309 e. The zero-order chi connectivity index (χ0) is 21.8. The summed E-state index contributed by atoms with van der Waals surface area (Å²) in [6, 6.07) is 1.36. The molecule has 1 aliphatic heterocycles. The van der Waals surface area contributed by atoms with Gasteiger partial charge in [-0.05, 0) is 44.1 Å². The number of carbonyl (C=O) groups excluding carboxylic acids is 1. The highest BCUT2D eigenvalue weighted by Crippen LogP contribution is 2.48. The Morgan fingerprint density at radius 3 is 2.87 bits per heavy atom. The summed E-state index contributed by atoms with van der Waals surface area (Å²) < 4.78 is 34.1. The SMILES string of the molecule is CC1C(=O)O[C@]2(CCC[C@H](Cc3nc(-c4c[nH]c5ncc(F)cc45)ncc3F)C2)[C@H]1C. The van der Waals surface area contributed by atoms with Crippen molar-refractivity contribution in [3.05, 3.63) is 42.0 Å². The summed E-state index contributed by atoms with van der Waals surface area (Å²) in [5.74, 6) is -0.540. The summed E-state index contributed by atoms with van der Waals surface area (Å²) in [5.41, 5.74) is 0.976. The van der Waals surface area contributed by atoms with Crippen LogP contribution in [0.15, 0.2) is 24.7 Å². The molecule has 3 aromatic heterocycles. The number of fused-ring (bicyclic) bond motifs is 1. The number of hydrogen-bond donors (Lipinski definition) is 1. The lowest BCUT2D eigenvalue weighted by Crippen LogP contribution is -2.41. The molecule has 1 spiro atoms. The van der Waals surface area contributed by atoms with E-state index in [0.29, 0.717) is 41.0 Å². The number of nitrogens with one attached hydrogen (secondary N) is 1. The third-order valence-corrected chi connectivity index (χ3v) is 7.14. The first-order chi connectivity index (χ1) is 14.9.